The second-order valence-electron chi connectivity index (χ2n) is 6.17. The minimum atomic E-state index is 0.188. The Morgan fingerprint density at radius 1 is 1.32 bits per heavy atom. The van der Waals surface area contributed by atoms with Gasteiger partial charge in [0.05, 0.1) is 25.9 Å². The molecule has 1 aliphatic heterocycles. The Kier molecular flexibility index (Phi) is 8.48. The zero-order chi connectivity index (χ0) is 18.1. The average molecular weight is 369 g/mol. The van der Waals surface area contributed by atoms with Crippen LogP contribution in [0.15, 0.2) is 29.3 Å². The van der Waals surface area contributed by atoms with E-state index in [1.807, 2.05) is 12.1 Å². The number of hydrogen-bond acceptors (Lipinski definition) is 4. The van der Waals surface area contributed by atoms with Crippen LogP contribution in [0.2, 0.25) is 5.02 Å². The van der Waals surface area contributed by atoms with Gasteiger partial charge in [0.25, 0.3) is 0 Å². The third kappa shape index (κ3) is 6.47. The Labute approximate surface area is 155 Å². The predicted octanol–water partition coefficient (Wildman–Crippen LogP) is 1.91. The molecule has 1 heterocycles. The summed E-state index contributed by atoms with van der Waals surface area (Å²) in [7, 11) is 3.48. The van der Waals surface area contributed by atoms with E-state index in [2.05, 4.69) is 39.6 Å². The highest BCUT2D eigenvalue weighted by Gasteiger charge is 2.23. The lowest BCUT2D eigenvalue weighted by Gasteiger charge is -2.35. The molecular weight excluding hydrogens is 340 g/mol. The zero-order valence-electron chi connectivity index (χ0n) is 15.3. The molecule has 2 rings (SSSR count). The smallest absolute Gasteiger partial charge is 0.191 e. The van der Waals surface area contributed by atoms with Gasteiger partial charge in [-0.15, -0.1) is 0 Å². The fraction of sp³-hybridized carbons (Fsp3) is 0.611. The van der Waals surface area contributed by atoms with Crippen LogP contribution in [-0.2, 0) is 9.47 Å². The topological polar surface area (TPSA) is 58.1 Å². The van der Waals surface area contributed by atoms with Crippen LogP contribution in [0.3, 0.4) is 0 Å². The highest BCUT2D eigenvalue weighted by molar-refractivity contribution is 6.30. The number of aliphatic imine (C=N–C) groups is 1. The molecule has 2 atom stereocenters. The number of hydrogen-bond donors (Lipinski definition) is 2. The highest BCUT2D eigenvalue weighted by atomic mass is 35.5. The van der Waals surface area contributed by atoms with E-state index in [0.717, 1.165) is 43.8 Å². The second kappa shape index (κ2) is 10.6. The number of ether oxygens (including phenoxy) is 2. The monoisotopic (exact) mass is 368 g/mol. The first-order valence-corrected chi connectivity index (χ1v) is 9.05. The Balaban J connectivity index is 2.03. The molecule has 0 bridgehead atoms. The van der Waals surface area contributed by atoms with Crippen molar-refractivity contribution in [3.8, 4) is 0 Å². The van der Waals surface area contributed by atoms with Gasteiger partial charge in [0, 0.05) is 44.9 Å². The molecule has 2 unspecified atom stereocenters. The lowest BCUT2D eigenvalue weighted by molar-refractivity contribution is 0.0170. The van der Waals surface area contributed by atoms with E-state index in [1.165, 1.54) is 5.56 Å². The van der Waals surface area contributed by atoms with E-state index in [9.17, 15) is 0 Å². The molecule has 0 saturated carbocycles. The number of benzene rings is 1. The van der Waals surface area contributed by atoms with Crippen molar-refractivity contribution in [3.63, 3.8) is 0 Å². The molecule has 1 aliphatic rings. The fourth-order valence-electron chi connectivity index (χ4n) is 2.94. The summed E-state index contributed by atoms with van der Waals surface area (Å²) in [6.45, 7) is 6.81. The minimum absolute atomic E-state index is 0.188. The van der Waals surface area contributed by atoms with Crippen LogP contribution in [0.25, 0.3) is 0 Å². The highest BCUT2D eigenvalue weighted by Crippen LogP contribution is 2.23. The first-order chi connectivity index (χ1) is 12.1. The van der Waals surface area contributed by atoms with E-state index < -0.39 is 0 Å². The van der Waals surface area contributed by atoms with Crippen molar-refractivity contribution in [1.82, 2.24) is 15.5 Å². The van der Waals surface area contributed by atoms with Crippen molar-refractivity contribution in [2.45, 2.75) is 19.0 Å². The van der Waals surface area contributed by atoms with Gasteiger partial charge in [-0.1, -0.05) is 23.7 Å². The van der Waals surface area contributed by atoms with E-state index in [4.69, 9.17) is 21.1 Å². The zero-order valence-corrected chi connectivity index (χ0v) is 16.1. The maximum atomic E-state index is 6.05. The molecule has 1 saturated heterocycles. The molecule has 0 aromatic heterocycles. The molecular formula is C18H29ClN4O2. The van der Waals surface area contributed by atoms with Gasteiger partial charge in [-0.25, -0.2) is 0 Å². The number of guanidine groups is 1. The summed E-state index contributed by atoms with van der Waals surface area (Å²) in [5, 5.41) is 7.53. The van der Waals surface area contributed by atoms with E-state index >= 15 is 0 Å². The van der Waals surface area contributed by atoms with Crippen molar-refractivity contribution >= 4 is 17.6 Å². The van der Waals surface area contributed by atoms with Gasteiger partial charge in [-0.3, -0.25) is 9.89 Å². The lowest BCUT2D eigenvalue weighted by atomic mass is 10.0. The van der Waals surface area contributed by atoms with Crippen LogP contribution in [-0.4, -0.2) is 70.5 Å². The van der Waals surface area contributed by atoms with Gasteiger partial charge in [0.15, 0.2) is 5.96 Å². The number of morpholine rings is 1. The Morgan fingerprint density at radius 2 is 2.00 bits per heavy atom. The lowest BCUT2D eigenvalue weighted by Crippen LogP contribution is -2.48. The van der Waals surface area contributed by atoms with Crippen LogP contribution in [0.4, 0.5) is 0 Å². The summed E-state index contributed by atoms with van der Waals surface area (Å²) < 4.78 is 10.7. The Bertz CT molecular complexity index is 532. The average Bonchev–Trinajstić information content (AvgIpc) is 2.63. The van der Waals surface area contributed by atoms with Gasteiger partial charge >= 0.3 is 0 Å². The first-order valence-electron chi connectivity index (χ1n) is 8.67. The molecule has 0 aliphatic carbocycles. The number of halogens is 1. The van der Waals surface area contributed by atoms with Gasteiger partial charge < -0.3 is 20.1 Å². The van der Waals surface area contributed by atoms with E-state index in [1.54, 1.807) is 14.2 Å². The molecule has 7 heteroatoms. The summed E-state index contributed by atoms with van der Waals surface area (Å²) >= 11 is 6.05. The van der Waals surface area contributed by atoms with Gasteiger partial charge in [-0.05, 0) is 24.6 Å². The summed E-state index contributed by atoms with van der Waals surface area (Å²) in [4.78, 5) is 6.75. The maximum absolute atomic E-state index is 6.05. The normalized spacial score (nSPS) is 18.6. The Morgan fingerprint density at radius 3 is 2.60 bits per heavy atom. The van der Waals surface area contributed by atoms with Crippen LogP contribution < -0.4 is 10.6 Å². The van der Waals surface area contributed by atoms with Crippen molar-refractivity contribution in [2.24, 2.45) is 4.99 Å². The van der Waals surface area contributed by atoms with Crippen molar-refractivity contribution in [3.05, 3.63) is 34.9 Å². The minimum Gasteiger partial charge on any atom is -0.383 e. The summed E-state index contributed by atoms with van der Waals surface area (Å²) in [5.74, 6) is 0.775. The second-order valence-corrected chi connectivity index (χ2v) is 6.61. The first kappa shape index (κ1) is 20.0. The van der Waals surface area contributed by atoms with Crippen molar-refractivity contribution < 1.29 is 9.47 Å². The molecule has 6 nitrogen and oxygen atoms in total. The summed E-state index contributed by atoms with van der Waals surface area (Å²) in [5.41, 5.74) is 1.24. The third-order valence-corrected chi connectivity index (χ3v) is 4.48. The number of rotatable bonds is 7. The molecule has 0 radical (unpaired) electrons. The van der Waals surface area contributed by atoms with Gasteiger partial charge in [-0.2, -0.15) is 0 Å². The quantitative estimate of drug-likeness (QED) is 0.568. The summed E-state index contributed by atoms with van der Waals surface area (Å²) in [6, 6.07) is 8.49. The largest absolute Gasteiger partial charge is 0.383 e. The standard InChI is InChI=1S/C18H29ClN4O2/c1-14(13-24-3)22-18(20-2)21-12-17(23-8-10-25-11-9-23)15-4-6-16(19)7-5-15/h4-7,14,17H,8-13H2,1-3H3,(H2,20,21,22). The van der Waals surface area contributed by atoms with Crippen molar-refractivity contribution in [2.75, 3.05) is 53.6 Å². The van der Waals surface area contributed by atoms with Gasteiger partial charge in [0.2, 0.25) is 0 Å². The maximum Gasteiger partial charge on any atom is 0.191 e. The van der Waals surface area contributed by atoms with Crippen LogP contribution >= 0.6 is 11.6 Å². The molecule has 25 heavy (non-hydrogen) atoms. The van der Waals surface area contributed by atoms with Gasteiger partial charge in [0.1, 0.15) is 0 Å². The van der Waals surface area contributed by atoms with Crippen molar-refractivity contribution in [1.29, 1.82) is 0 Å². The van der Waals surface area contributed by atoms with Crippen LogP contribution in [0.1, 0.15) is 18.5 Å². The van der Waals surface area contributed by atoms with E-state index in [-0.39, 0.29) is 12.1 Å². The molecule has 1 aromatic carbocycles. The molecule has 2 N–H and O–H groups in total. The summed E-state index contributed by atoms with van der Waals surface area (Å²) in [6.07, 6.45) is 0. The molecule has 1 aromatic rings. The number of nitrogens with zero attached hydrogens (tertiary/aromatic N) is 2. The number of methoxy groups -OCH3 is 1. The fourth-order valence-corrected chi connectivity index (χ4v) is 3.07. The van der Waals surface area contributed by atoms with Crippen LogP contribution in [0, 0.1) is 0 Å². The molecule has 1 fully saturated rings. The molecule has 0 spiro atoms. The number of nitrogens with one attached hydrogen (secondary N) is 2. The van der Waals surface area contributed by atoms with E-state index in [0.29, 0.717) is 6.61 Å². The van der Waals surface area contributed by atoms with Crippen LogP contribution in [0.5, 0.6) is 0 Å². The molecule has 0 amide bonds. The molecule has 140 valence electrons. The SMILES string of the molecule is CN=C(NCC(c1ccc(Cl)cc1)N1CCOCC1)NC(C)COC. The predicted molar refractivity (Wildman–Crippen MR) is 102 cm³/mol. The Hall–Kier alpha value is -1.34. The third-order valence-electron chi connectivity index (χ3n) is 4.23.